The van der Waals surface area contributed by atoms with Crippen LogP contribution in [0, 0.1) is 6.92 Å². The summed E-state index contributed by atoms with van der Waals surface area (Å²) in [6, 6.07) is 19.5. The van der Waals surface area contributed by atoms with Gasteiger partial charge in [-0.3, -0.25) is 14.2 Å². The summed E-state index contributed by atoms with van der Waals surface area (Å²) in [5.41, 5.74) is 2.45. The SMILES string of the molecule is CCCN(C(=O)c1cccc(OC)c1)C(C)c1nc2ccccc2c(=O)n1-c1cc(C)ccc1OC. The molecular weight excluding hydrogens is 454 g/mol. The van der Waals surface area contributed by atoms with Crippen molar-refractivity contribution >= 4 is 16.8 Å². The van der Waals surface area contributed by atoms with Crippen molar-refractivity contribution in [1.82, 2.24) is 14.5 Å². The van der Waals surface area contributed by atoms with Crippen molar-refractivity contribution in [3.8, 4) is 17.2 Å². The number of amides is 1. The van der Waals surface area contributed by atoms with Crippen molar-refractivity contribution < 1.29 is 14.3 Å². The van der Waals surface area contributed by atoms with E-state index in [2.05, 4.69) is 0 Å². The minimum absolute atomic E-state index is 0.159. The number of aromatic nitrogens is 2. The van der Waals surface area contributed by atoms with Crippen molar-refractivity contribution in [3.63, 3.8) is 0 Å². The minimum atomic E-state index is -0.508. The molecule has 1 atom stereocenters. The Morgan fingerprint density at radius 3 is 2.53 bits per heavy atom. The molecule has 0 fully saturated rings. The van der Waals surface area contributed by atoms with Gasteiger partial charge in [0, 0.05) is 12.1 Å². The molecule has 7 heteroatoms. The van der Waals surface area contributed by atoms with Crippen molar-refractivity contribution in [3.05, 3.63) is 94.0 Å². The van der Waals surface area contributed by atoms with Gasteiger partial charge in [-0.05, 0) is 68.3 Å². The molecule has 0 aliphatic rings. The summed E-state index contributed by atoms with van der Waals surface area (Å²) >= 11 is 0. The van der Waals surface area contributed by atoms with Crippen LogP contribution in [-0.4, -0.2) is 41.1 Å². The third-order valence-electron chi connectivity index (χ3n) is 6.26. The molecule has 0 aliphatic heterocycles. The second-order valence-electron chi connectivity index (χ2n) is 8.71. The van der Waals surface area contributed by atoms with E-state index in [1.165, 1.54) is 0 Å². The number of hydrogen-bond donors (Lipinski definition) is 0. The van der Waals surface area contributed by atoms with Crippen molar-refractivity contribution in [2.45, 2.75) is 33.2 Å². The molecule has 0 N–H and O–H groups in total. The third-order valence-corrected chi connectivity index (χ3v) is 6.26. The second-order valence-corrected chi connectivity index (χ2v) is 8.71. The van der Waals surface area contributed by atoms with Crippen LogP contribution in [0.1, 0.15) is 48.1 Å². The van der Waals surface area contributed by atoms with Crippen LogP contribution < -0.4 is 15.0 Å². The first kappa shape index (κ1) is 25.0. The van der Waals surface area contributed by atoms with Crippen LogP contribution in [0.3, 0.4) is 0 Å². The molecule has 1 aromatic heterocycles. The lowest BCUT2D eigenvalue weighted by molar-refractivity contribution is 0.0681. The Bertz CT molecular complexity index is 1460. The lowest BCUT2D eigenvalue weighted by atomic mass is 10.1. The van der Waals surface area contributed by atoms with E-state index >= 15 is 0 Å². The lowest BCUT2D eigenvalue weighted by Gasteiger charge is -2.31. The van der Waals surface area contributed by atoms with E-state index in [1.807, 2.05) is 57.2 Å². The van der Waals surface area contributed by atoms with Gasteiger partial charge in [0.05, 0.1) is 36.9 Å². The average Bonchev–Trinajstić information content (AvgIpc) is 2.91. The highest BCUT2D eigenvalue weighted by Crippen LogP contribution is 2.29. The maximum absolute atomic E-state index is 13.9. The zero-order valence-electron chi connectivity index (χ0n) is 21.3. The molecule has 0 saturated carbocycles. The molecule has 1 amide bonds. The first-order chi connectivity index (χ1) is 17.4. The van der Waals surface area contributed by atoms with Crippen LogP contribution in [0.25, 0.3) is 16.6 Å². The topological polar surface area (TPSA) is 73.7 Å². The zero-order chi connectivity index (χ0) is 25.8. The Morgan fingerprint density at radius 2 is 1.81 bits per heavy atom. The van der Waals surface area contributed by atoms with E-state index in [0.29, 0.717) is 46.0 Å². The van der Waals surface area contributed by atoms with Gasteiger partial charge in [-0.25, -0.2) is 4.98 Å². The van der Waals surface area contributed by atoms with Crippen LogP contribution in [-0.2, 0) is 0 Å². The number of rotatable bonds is 8. The number of nitrogens with zero attached hydrogens (tertiary/aromatic N) is 3. The van der Waals surface area contributed by atoms with Gasteiger partial charge in [0.25, 0.3) is 11.5 Å². The van der Waals surface area contributed by atoms with Crippen LogP contribution >= 0.6 is 0 Å². The van der Waals surface area contributed by atoms with Gasteiger partial charge in [-0.1, -0.05) is 31.2 Å². The van der Waals surface area contributed by atoms with Gasteiger partial charge in [-0.2, -0.15) is 0 Å². The quantitative estimate of drug-likeness (QED) is 0.338. The third kappa shape index (κ3) is 4.69. The number of carbonyl (C=O) groups is 1. The number of fused-ring (bicyclic) bond motifs is 1. The molecule has 36 heavy (non-hydrogen) atoms. The first-order valence-electron chi connectivity index (χ1n) is 12.0. The number of hydrogen-bond acceptors (Lipinski definition) is 5. The molecule has 0 spiro atoms. The van der Waals surface area contributed by atoms with E-state index in [1.54, 1.807) is 54.0 Å². The number of ether oxygens (including phenoxy) is 2. The average molecular weight is 486 g/mol. The van der Waals surface area contributed by atoms with Crippen LogP contribution in [0.2, 0.25) is 0 Å². The minimum Gasteiger partial charge on any atom is -0.497 e. The normalized spacial score (nSPS) is 11.8. The molecule has 4 rings (SSSR count). The smallest absolute Gasteiger partial charge is 0.266 e. The summed E-state index contributed by atoms with van der Waals surface area (Å²) in [7, 11) is 3.15. The van der Waals surface area contributed by atoms with Gasteiger partial charge in [0.15, 0.2) is 0 Å². The van der Waals surface area contributed by atoms with Crippen LogP contribution in [0.5, 0.6) is 11.5 Å². The zero-order valence-corrected chi connectivity index (χ0v) is 21.3. The van der Waals surface area contributed by atoms with Gasteiger partial charge in [0.2, 0.25) is 0 Å². The monoisotopic (exact) mass is 485 g/mol. The summed E-state index contributed by atoms with van der Waals surface area (Å²) < 4.78 is 12.5. The van der Waals surface area contributed by atoms with E-state index in [-0.39, 0.29) is 11.5 Å². The molecule has 1 heterocycles. The van der Waals surface area contributed by atoms with Crippen molar-refractivity contribution in [1.29, 1.82) is 0 Å². The van der Waals surface area contributed by atoms with Gasteiger partial charge >= 0.3 is 0 Å². The van der Waals surface area contributed by atoms with E-state index in [9.17, 15) is 9.59 Å². The Hall–Kier alpha value is -4.13. The number of aryl methyl sites for hydroxylation is 1. The highest BCUT2D eigenvalue weighted by molar-refractivity contribution is 5.95. The standard InChI is InChI=1S/C29H31N3O4/c1-6-16-31(28(33)21-10-9-11-22(18-21)35-4)20(3)27-30-24-13-8-7-12-23(24)29(34)32(27)25-17-19(2)14-15-26(25)36-5/h7-15,17-18,20H,6,16H2,1-5H3. The number of methoxy groups -OCH3 is 2. The van der Waals surface area contributed by atoms with Crippen LogP contribution in [0.15, 0.2) is 71.5 Å². The molecule has 0 saturated heterocycles. The molecule has 0 radical (unpaired) electrons. The molecule has 7 nitrogen and oxygen atoms in total. The Morgan fingerprint density at radius 1 is 1.03 bits per heavy atom. The predicted molar refractivity (Wildman–Crippen MR) is 141 cm³/mol. The Labute approximate surface area is 210 Å². The molecule has 3 aromatic carbocycles. The largest absolute Gasteiger partial charge is 0.497 e. The number of para-hydroxylation sites is 1. The van der Waals surface area contributed by atoms with Gasteiger partial charge in [0.1, 0.15) is 17.3 Å². The summed E-state index contributed by atoms with van der Waals surface area (Å²) in [5, 5.41) is 0.498. The fraction of sp³-hybridized carbons (Fsp3) is 0.276. The molecule has 186 valence electrons. The van der Waals surface area contributed by atoms with Crippen molar-refractivity contribution in [2.24, 2.45) is 0 Å². The molecule has 4 aromatic rings. The maximum atomic E-state index is 13.9. The highest BCUT2D eigenvalue weighted by atomic mass is 16.5. The molecular formula is C29H31N3O4. The van der Waals surface area contributed by atoms with E-state index in [0.717, 1.165) is 12.0 Å². The fourth-order valence-electron chi connectivity index (χ4n) is 4.41. The predicted octanol–water partition coefficient (Wildman–Crippen LogP) is 5.32. The lowest BCUT2D eigenvalue weighted by Crippen LogP contribution is -2.38. The number of carbonyl (C=O) groups excluding carboxylic acids is 1. The molecule has 0 aliphatic carbocycles. The Balaban J connectivity index is 1.95. The summed E-state index contributed by atoms with van der Waals surface area (Å²) in [6.07, 6.45) is 0.742. The van der Waals surface area contributed by atoms with Crippen molar-refractivity contribution in [2.75, 3.05) is 20.8 Å². The summed E-state index contributed by atoms with van der Waals surface area (Å²) in [4.78, 5) is 34.3. The van der Waals surface area contributed by atoms with E-state index < -0.39 is 6.04 Å². The summed E-state index contributed by atoms with van der Waals surface area (Å²) in [6.45, 7) is 6.37. The second kappa shape index (κ2) is 10.6. The molecule has 0 bridgehead atoms. The van der Waals surface area contributed by atoms with Gasteiger partial charge in [-0.15, -0.1) is 0 Å². The Kier molecular flexibility index (Phi) is 7.38. The maximum Gasteiger partial charge on any atom is 0.266 e. The first-order valence-corrected chi connectivity index (χ1v) is 12.0. The molecule has 1 unspecified atom stereocenters. The summed E-state index contributed by atoms with van der Waals surface area (Å²) in [5.74, 6) is 1.46. The fourth-order valence-corrected chi connectivity index (χ4v) is 4.41. The highest BCUT2D eigenvalue weighted by Gasteiger charge is 2.28. The van der Waals surface area contributed by atoms with E-state index in [4.69, 9.17) is 14.5 Å². The van der Waals surface area contributed by atoms with Crippen LogP contribution in [0.4, 0.5) is 0 Å². The van der Waals surface area contributed by atoms with Gasteiger partial charge < -0.3 is 14.4 Å². The number of benzene rings is 3.